The first-order valence-corrected chi connectivity index (χ1v) is 12.2. The van der Waals surface area contributed by atoms with Crippen LogP contribution in [0.5, 0.6) is 0 Å². The predicted molar refractivity (Wildman–Crippen MR) is 151 cm³/mol. The van der Waals surface area contributed by atoms with E-state index in [1.165, 1.54) is 4.57 Å². The molecule has 0 radical (unpaired) electrons. The number of nitrogens with one attached hydrogen (secondary N) is 2. The molecule has 0 unspecified atom stereocenters. The second-order valence-corrected chi connectivity index (χ2v) is 10.2. The minimum Gasteiger partial charge on any atom is -0.366 e. The van der Waals surface area contributed by atoms with E-state index < -0.39 is 5.91 Å². The number of amides is 2. The standard InChI is InChI=1S/C30H31N5O3/c1-18-23(10-7-11-24(18)34-28(37)19-12-14-21(15-13-19)30(2,3)4)25-17-35(5)29(38)27(33-25)32-22-9-6-8-20(16-22)26(31)36/h6-17H,1-5H3,(H2,31,36)(H,32,33)(H,34,37). The van der Waals surface area contributed by atoms with Crippen molar-refractivity contribution in [3.8, 4) is 11.3 Å². The summed E-state index contributed by atoms with van der Waals surface area (Å²) < 4.78 is 1.43. The van der Waals surface area contributed by atoms with Crippen LogP contribution in [0.25, 0.3) is 11.3 Å². The van der Waals surface area contributed by atoms with Gasteiger partial charge in [-0.3, -0.25) is 14.4 Å². The molecule has 0 aliphatic heterocycles. The number of nitrogens with zero attached hydrogens (tertiary/aromatic N) is 2. The first kappa shape index (κ1) is 26.3. The number of benzene rings is 3. The molecule has 0 spiro atoms. The van der Waals surface area contributed by atoms with E-state index in [4.69, 9.17) is 5.73 Å². The molecule has 1 heterocycles. The van der Waals surface area contributed by atoms with Crippen molar-refractivity contribution in [1.29, 1.82) is 0 Å². The fraction of sp³-hybridized carbons (Fsp3) is 0.200. The predicted octanol–water partition coefficient (Wildman–Crippen LogP) is 5.15. The second-order valence-electron chi connectivity index (χ2n) is 10.2. The second kappa shape index (κ2) is 10.3. The Morgan fingerprint density at radius 3 is 2.29 bits per heavy atom. The minimum absolute atomic E-state index is 0.00105. The zero-order chi connectivity index (χ0) is 27.6. The van der Waals surface area contributed by atoms with Gasteiger partial charge in [-0.15, -0.1) is 0 Å². The quantitative estimate of drug-likeness (QED) is 0.332. The average Bonchev–Trinajstić information content (AvgIpc) is 2.87. The highest BCUT2D eigenvalue weighted by Crippen LogP contribution is 2.29. The Morgan fingerprint density at radius 1 is 0.947 bits per heavy atom. The fourth-order valence-corrected chi connectivity index (χ4v) is 4.07. The molecule has 194 valence electrons. The highest BCUT2D eigenvalue weighted by molar-refractivity contribution is 6.05. The van der Waals surface area contributed by atoms with Crippen LogP contribution in [-0.4, -0.2) is 21.4 Å². The van der Waals surface area contributed by atoms with Crippen LogP contribution in [-0.2, 0) is 12.5 Å². The molecular weight excluding hydrogens is 478 g/mol. The molecule has 0 aliphatic carbocycles. The van der Waals surface area contributed by atoms with Crippen LogP contribution >= 0.6 is 0 Å². The number of hydrogen-bond donors (Lipinski definition) is 3. The summed E-state index contributed by atoms with van der Waals surface area (Å²) >= 11 is 0. The van der Waals surface area contributed by atoms with Crippen LogP contribution < -0.4 is 21.9 Å². The number of primary amides is 1. The van der Waals surface area contributed by atoms with E-state index in [1.54, 1.807) is 37.5 Å². The molecule has 0 saturated carbocycles. The molecule has 0 saturated heterocycles. The van der Waals surface area contributed by atoms with Crippen LogP contribution in [0.15, 0.2) is 77.7 Å². The molecule has 1 aromatic heterocycles. The number of anilines is 3. The molecule has 0 aliphatic rings. The topological polar surface area (TPSA) is 119 Å². The zero-order valence-electron chi connectivity index (χ0n) is 22.1. The van der Waals surface area contributed by atoms with Crippen LogP contribution in [0.1, 0.15) is 52.6 Å². The lowest BCUT2D eigenvalue weighted by atomic mass is 9.86. The molecule has 8 nitrogen and oxygen atoms in total. The van der Waals surface area contributed by atoms with Crippen molar-refractivity contribution in [1.82, 2.24) is 9.55 Å². The number of aromatic nitrogens is 2. The maximum absolute atomic E-state index is 13.0. The van der Waals surface area contributed by atoms with Gasteiger partial charge in [0.15, 0.2) is 5.82 Å². The number of rotatable bonds is 6. The molecular formula is C30H31N5O3. The Kier molecular flexibility index (Phi) is 7.17. The first-order chi connectivity index (χ1) is 17.9. The summed E-state index contributed by atoms with van der Waals surface area (Å²) in [5, 5.41) is 6.00. The van der Waals surface area contributed by atoms with Crippen LogP contribution in [0.2, 0.25) is 0 Å². The minimum atomic E-state index is -0.567. The number of carbonyl (C=O) groups excluding carboxylic acids is 2. The maximum Gasteiger partial charge on any atom is 0.293 e. The highest BCUT2D eigenvalue weighted by atomic mass is 16.2. The molecule has 0 bridgehead atoms. The fourth-order valence-electron chi connectivity index (χ4n) is 4.07. The van der Waals surface area contributed by atoms with E-state index in [0.29, 0.717) is 28.2 Å². The molecule has 3 aromatic carbocycles. The van der Waals surface area contributed by atoms with Gasteiger partial charge in [0.2, 0.25) is 5.91 Å². The molecule has 4 rings (SSSR count). The SMILES string of the molecule is Cc1c(NC(=O)c2ccc(C(C)(C)C)cc2)cccc1-c1cn(C)c(=O)c(Nc2cccc(C(N)=O)c2)n1. The number of carbonyl (C=O) groups is 2. The maximum atomic E-state index is 13.0. The van der Waals surface area contributed by atoms with Crippen LogP contribution in [0.3, 0.4) is 0 Å². The van der Waals surface area contributed by atoms with Crippen molar-refractivity contribution in [2.45, 2.75) is 33.1 Å². The molecule has 4 N–H and O–H groups in total. The lowest BCUT2D eigenvalue weighted by Crippen LogP contribution is -2.22. The smallest absolute Gasteiger partial charge is 0.293 e. The van der Waals surface area contributed by atoms with Crippen molar-refractivity contribution in [2.75, 3.05) is 10.6 Å². The molecule has 2 amide bonds. The van der Waals surface area contributed by atoms with Gasteiger partial charge < -0.3 is 20.9 Å². The largest absolute Gasteiger partial charge is 0.366 e. The summed E-state index contributed by atoms with van der Waals surface area (Å²) in [6, 6.07) is 19.7. The van der Waals surface area contributed by atoms with Gasteiger partial charge in [0.25, 0.3) is 11.5 Å². The average molecular weight is 510 g/mol. The van der Waals surface area contributed by atoms with Gasteiger partial charge in [0.05, 0.1) is 5.69 Å². The van der Waals surface area contributed by atoms with Crippen LogP contribution in [0, 0.1) is 6.92 Å². The Labute approximate surface area is 221 Å². The normalized spacial score (nSPS) is 11.2. The third-order valence-electron chi connectivity index (χ3n) is 6.35. The molecule has 0 atom stereocenters. The molecule has 0 fully saturated rings. The highest BCUT2D eigenvalue weighted by Gasteiger charge is 2.17. The van der Waals surface area contributed by atoms with E-state index in [2.05, 4.69) is 36.4 Å². The molecule has 8 heteroatoms. The van der Waals surface area contributed by atoms with Gasteiger partial charge >= 0.3 is 0 Å². The number of aryl methyl sites for hydroxylation is 1. The Morgan fingerprint density at radius 2 is 1.63 bits per heavy atom. The summed E-state index contributed by atoms with van der Waals surface area (Å²) in [5.41, 5.74) is 10.3. The van der Waals surface area contributed by atoms with Gasteiger partial charge in [0.1, 0.15) is 0 Å². The third-order valence-corrected chi connectivity index (χ3v) is 6.35. The van der Waals surface area contributed by atoms with Crippen molar-refractivity contribution >= 4 is 29.0 Å². The van der Waals surface area contributed by atoms with Gasteiger partial charge in [-0.25, -0.2) is 4.98 Å². The lowest BCUT2D eigenvalue weighted by Gasteiger charge is -2.19. The van der Waals surface area contributed by atoms with Gasteiger partial charge in [-0.2, -0.15) is 0 Å². The Balaban J connectivity index is 1.64. The first-order valence-electron chi connectivity index (χ1n) is 12.2. The summed E-state index contributed by atoms with van der Waals surface area (Å²) in [4.78, 5) is 41.9. The Hall–Kier alpha value is -4.72. The number of nitrogens with two attached hydrogens (primary N) is 1. The molecule has 38 heavy (non-hydrogen) atoms. The lowest BCUT2D eigenvalue weighted by molar-refractivity contribution is 0.0997. The third kappa shape index (κ3) is 5.64. The van der Waals surface area contributed by atoms with Gasteiger partial charge in [-0.1, -0.05) is 51.1 Å². The van der Waals surface area contributed by atoms with Crippen molar-refractivity contribution in [2.24, 2.45) is 12.8 Å². The van der Waals surface area contributed by atoms with E-state index in [9.17, 15) is 14.4 Å². The number of hydrogen-bond acceptors (Lipinski definition) is 5. The summed E-state index contributed by atoms with van der Waals surface area (Å²) in [7, 11) is 1.64. The van der Waals surface area contributed by atoms with E-state index in [-0.39, 0.29) is 22.7 Å². The Bertz CT molecular complexity index is 1580. The van der Waals surface area contributed by atoms with E-state index in [0.717, 1.165) is 16.7 Å². The van der Waals surface area contributed by atoms with Crippen molar-refractivity contribution < 1.29 is 9.59 Å². The summed E-state index contributed by atoms with van der Waals surface area (Å²) in [6.07, 6.45) is 1.65. The van der Waals surface area contributed by atoms with Crippen molar-refractivity contribution in [3.05, 3.63) is 106 Å². The summed E-state index contributed by atoms with van der Waals surface area (Å²) in [5.74, 6) is -0.682. The van der Waals surface area contributed by atoms with E-state index >= 15 is 0 Å². The molecule has 4 aromatic rings. The zero-order valence-corrected chi connectivity index (χ0v) is 22.1. The van der Waals surface area contributed by atoms with Gasteiger partial charge in [-0.05, 0) is 59.9 Å². The van der Waals surface area contributed by atoms with E-state index in [1.807, 2.05) is 49.4 Å². The monoisotopic (exact) mass is 509 g/mol. The van der Waals surface area contributed by atoms with Crippen molar-refractivity contribution in [3.63, 3.8) is 0 Å². The van der Waals surface area contributed by atoms with Crippen LogP contribution in [0.4, 0.5) is 17.2 Å². The van der Waals surface area contributed by atoms with Gasteiger partial charge in [0, 0.05) is 41.3 Å². The summed E-state index contributed by atoms with van der Waals surface area (Å²) in [6.45, 7) is 8.28.